The zero-order valence-corrected chi connectivity index (χ0v) is 13.2. The van der Waals surface area contributed by atoms with Crippen LogP contribution in [0.1, 0.15) is 64.7 Å². The summed E-state index contributed by atoms with van der Waals surface area (Å²) in [6, 6.07) is 0.845. The molecular weight excluding hydrogens is 232 g/mol. The van der Waals surface area contributed by atoms with Crippen molar-refractivity contribution in [2.45, 2.75) is 70.8 Å². The summed E-state index contributed by atoms with van der Waals surface area (Å²) in [5, 5.41) is 3.73. The largest absolute Gasteiger partial charge is 0.316 e. The normalized spacial score (nSPS) is 33.5. The van der Waals surface area contributed by atoms with Gasteiger partial charge in [-0.2, -0.15) is 0 Å². The molecule has 1 N–H and O–H groups in total. The summed E-state index contributed by atoms with van der Waals surface area (Å²) in [5.41, 5.74) is 0. The number of nitrogens with zero attached hydrogens (tertiary/aromatic N) is 1. The second-order valence-electron chi connectivity index (χ2n) is 6.92. The lowest BCUT2D eigenvalue weighted by atomic mass is 9.81. The Kier molecular flexibility index (Phi) is 6.66. The van der Waals surface area contributed by atoms with E-state index in [0.29, 0.717) is 0 Å². The molecule has 0 aromatic rings. The minimum absolute atomic E-state index is 0.845. The van der Waals surface area contributed by atoms with Crippen LogP contribution in [0.15, 0.2) is 0 Å². The second kappa shape index (κ2) is 8.26. The summed E-state index contributed by atoms with van der Waals surface area (Å²) in [7, 11) is 2.30. The highest BCUT2D eigenvalue weighted by Gasteiger charge is 2.20. The number of rotatable bonds is 6. The van der Waals surface area contributed by atoms with Gasteiger partial charge in [-0.1, -0.05) is 32.6 Å². The van der Waals surface area contributed by atoms with E-state index in [1.807, 2.05) is 0 Å². The first-order valence-electron chi connectivity index (χ1n) is 8.70. The van der Waals surface area contributed by atoms with Gasteiger partial charge in [-0.3, -0.25) is 0 Å². The van der Waals surface area contributed by atoms with Gasteiger partial charge in [0.2, 0.25) is 0 Å². The topological polar surface area (TPSA) is 15.3 Å². The first-order valence-corrected chi connectivity index (χ1v) is 8.70. The van der Waals surface area contributed by atoms with Crippen molar-refractivity contribution in [1.82, 2.24) is 10.2 Å². The minimum atomic E-state index is 0.845. The molecule has 1 saturated carbocycles. The van der Waals surface area contributed by atoms with Crippen molar-refractivity contribution in [2.24, 2.45) is 11.8 Å². The molecule has 19 heavy (non-hydrogen) atoms. The third-order valence-electron chi connectivity index (χ3n) is 5.55. The van der Waals surface area contributed by atoms with Crippen molar-refractivity contribution >= 4 is 0 Å². The van der Waals surface area contributed by atoms with E-state index in [2.05, 4.69) is 24.2 Å². The Hall–Kier alpha value is -0.0800. The number of hydrogen-bond donors (Lipinski definition) is 1. The van der Waals surface area contributed by atoms with Gasteiger partial charge in [0.1, 0.15) is 0 Å². The highest BCUT2D eigenvalue weighted by Crippen LogP contribution is 2.30. The standard InChI is InChI=1S/C17H34N2/c1-3-15-7-9-16(10-8-15)14-18-12-11-17-6-4-5-13-19(17)2/h15-18H,3-14H2,1-2H3. The molecule has 2 heteroatoms. The number of piperidine rings is 1. The van der Waals surface area contributed by atoms with Crippen molar-refractivity contribution in [1.29, 1.82) is 0 Å². The van der Waals surface area contributed by atoms with Crippen molar-refractivity contribution in [3.63, 3.8) is 0 Å². The van der Waals surface area contributed by atoms with Gasteiger partial charge in [-0.05, 0) is 70.6 Å². The third kappa shape index (κ3) is 5.07. The molecule has 1 aliphatic heterocycles. The maximum absolute atomic E-state index is 3.73. The van der Waals surface area contributed by atoms with Crippen molar-refractivity contribution < 1.29 is 0 Å². The first-order chi connectivity index (χ1) is 9.29. The molecule has 2 rings (SSSR count). The van der Waals surface area contributed by atoms with Gasteiger partial charge in [-0.25, -0.2) is 0 Å². The number of likely N-dealkylation sites (tertiary alicyclic amines) is 1. The van der Waals surface area contributed by atoms with Gasteiger partial charge in [0.05, 0.1) is 0 Å². The molecule has 1 saturated heterocycles. The molecule has 1 atom stereocenters. The van der Waals surface area contributed by atoms with Gasteiger partial charge < -0.3 is 10.2 Å². The van der Waals surface area contributed by atoms with E-state index >= 15 is 0 Å². The van der Waals surface area contributed by atoms with Gasteiger partial charge in [0.25, 0.3) is 0 Å². The Morgan fingerprint density at radius 1 is 1.00 bits per heavy atom. The smallest absolute Gasteiger partial charge is 0.0104 e. The summed E-state index contributed by atoms with van der Waals surface area (Å²) < 4.78 is 0. The predicted octanol–water partition coefficient (Wildman–Crippen LogP) is 3.67. The molecule has 112 valence electrons. The lowest BCUT2D eigenvalue weighted by Crippen LogP contribution is -2.38. The van der Waals surface area contributed by atoms with Crippen LogP contribution in [-0.2, 0) is 0 Å². The fourth-order valence-electron chi connectivity index (χ4n) is 3.93. The van der Waals surface area contributed by atoms with Crippen molar-refractivity contribution in [3.05, 3.63) is 0 Å². The van der Waals surface area contributed by atoms with Crippen LogP contribution in [0, 0.1) is 11.8 Å². The molecule has 0 spiro atoms. The molecule has 1 unspecified atom stereocenters. The molecule has 2 fully saturated rings. The van der Waals surface area contributed by atoms with Gasteiger partial charge in [-0.15, -0.1) is 0 Å². The Bertz CT molecular complexity index is 233. The number of hydrogen-bond acceptors (Lipinski definition) is 2. The average Bonchev–Trinajstić information content (AvgIpc) is 2.46. The Morgan fingerprint density at radius 3 is 2.42 bits per heavy atom. The van der Waals surface area contributed by atoms with E-state index < -0.39 is 0 Å². The highest BCUT2D eigenvalue weighted by molar-refractivity contribution is 4.76. The first kappa shape index (κ1) is 15.3. The van der Waals surface area contributed by atoms with Crippen LogP contribution in [0.2, 0.25) is 0 Å². The molecule has 0 aromatic heterocycles. The molecule has 1 aliphatic carbocycles. The van der Waals surface area contributed by atoms with Crippen LogP contribution in [0.4, 0.5) is 0 Å². The van der Waals surface area contributed by atoms with Crippen molar-refractivity contribution in [3.8, 4) is 0 Å². The summed E-state index contributed by atoms with van der Waals surface area (Å²) in [6.45, 7) is 6.16. The van der Waals surface area contributed by atoms with E-state index in [0.717, 1.165) is 17.9 Å². The van der Waals surface area contributed by atoms with E-state index in [1.54, 1.807) is 0 Å². The summed E-state index contributed by atoms with van der Waals surface area (Å²) in [6.07, 6.45) is 12.9. The molecule has 2 nitrogen and oxygen atoms in total. The van der Waals surface area contributed by atoms with Crippen LogP contribution in [-0.4, -0.2) is 37.6 Å². The van der Waals surface area contributed by atoms with Gasteiger partial charge in [0, 0.05) is 6.04 Å². The third-order valence-corrected chi connectivity index (χ3v) is 5.55. The maximum atomic E-state index is 3.73. The monoisotopic (exact) mass is 266 g/mol. The van der Waals surface area contributed by atoms with E-state index in [-0.39, 0.29) is 0 Å². The number of nitrogens with one attached hydrogen (secondary N) is 1. The van der Waals surface area contributed by atoms with Crippen LogP contribution in [0.5, 0.6) is 0 Å². The van der Waals surface area contributed by atoms with E-state index in [4.69, 9.17) is 0 Å². The summed E-state index contributed by atoms with van der Waals surface area (Å²) >= 11 is 0. The zero-order valence-electron chi connectivity index (χ0n) is 13.2. The molecule has 0 radical (unpaired) electrons. The Balaban J connectivity index is 1.52. The van der Waals surface area contributed by atoms with Gasteiger partial charge >= 0.3 is 0 Å². The van der Waals surface area contributed by atoms with Crippen LogP contribution >= 0.6 is 0 Å². The fraction of sp³-hybridized carbons (Fsp3) is 1.00. The maximum Gasteiger partial charge on any atom is 0.0104 e. The summed E-state index contributed by atoms with van der Waals surface area (Å²) in [4.78, 5) is 2.57. The molecule has 0 amide bonds. The lowest BCUT2D eigenvalue weighted by Gasteiger charge is -2.33. The quantitative estimate of drug-likeness (QED) is 0.738. The Morgan fingerprint density at radius 2 is 1.74 bits per heavy atom. The van der Waals surface area contributed by atoms with Crippen LogP contribution < -0.4 is 5.32 Å². The molecular formula is C17H34N2. The molecule has 1 heterocycles. The van der Waals surface area contributed by atoms with Gasteiger partial charge in [0.15, 0.2) is 0 Å². The molecule has 2 aliphatic rings. The lowest BCUT2D eigenvalue weighted by molar-refractivity contribution is 0.174. The Labute approximate surface area is 120 Å². The van der Waals surface area contributed by atoms with Crippen molar-refractivity contribution in [2.75, 3.05) is 26.7 Å². The molecule has 0 bridgehead atoms. The highest BCUT2D eigenvalue weighted by atomic mass is 15.1. The zero-order chi connectivity index (χ0) is 13.5. The van der Waals surface area contributed by atoms with Crippen LogP contribution in [0.3, 0.4) is 0 Å². The van der Waals surface area contributed by atoms with Crippen LogP contribution in [0.25, 0.3) is 0 Å². The van der Waals surface area contributed by atoms with E-state index in [1.165, 1.54) is 77.4 Å². The second-order valence-corrected chi connectivity index (χ2v) is 6.92. The fourth-order valence-corrected chi connectivity index (χ4v) is 3.93. The predicted molar refractivity (Wildman–Crippen MR) is 83.5 cm³/mol. The van der Waals surface area contributed by atoms with E-state index in [9.17, 15) is 0 Å². The SMILES string of the molecule is CCC1CCC(CNCCC2CCCCN2C)CC1. The summed E-state index contributed by atoms with van der Waals surface area (Å²) in [5.74, 6) is 2.00. The average molecular weight is 266 g/mol. The minimum Gasteiger partial charge on any atom is -0.316 e. The molecule has 0 aromatic carbocycles.